The third-order valence-corrected chi connectivity index (χ3v) is 4.79. The molecule has 0 aliphatic carbocycles. The van der Waals surface area contributed by atoms with E-state index in [-0.39, 0.29) is 37.3 Å². The molecule has 0 radical (unpaired) electrons. The van der Waals surface area contributed by atoms with Gasteiger partial charge in [0.1, 0.15) is 23.3 Å². The Morgan fingerprint density at radius 1 is 0.703 bits per heavy atom. The Morgan fingerprint density at radius 2 is 1.11 bits per heavy atom. The largest absolute Gasteiger partial charge is 0.444 e. The quantitative estimate of drug-likeness (QED) is 0.245. The van der Waals surface area contributed by atoms with Gasteiger partial charge in [-0.1, -0.05) is 27.7 Å². The Hall–Kier alpha value is -2.56. The van der Waals surface area contributed by atoms with Gasteiger partial charge in [-0.2, -0.15) is 0 Å². The Morgan fingerprint density at radius 3 is 1.46 bits per heavy atom. The number of aliphatic hydroxyl groups excluding tert-OH is 1. The molecule has 4 amide bonds. The lowest BCUT2D eigenvalue weighted by Gasteiger charge is -2.26. The molecule has 0 aromatic heterocycles. The normalized spacial score (nSPS) is 14.4. The first-order chi connectivity index (χ1) is 16.8. The zero-order valence-corrected chi connectivity index (χ0v) is 24.3. The fraction of sp³-hybridized carbons (Fsp3) is 0.846. The molecule has 5 N–H and O–H groups in total. The van der Waals surface area contributed by atoms with Crippen LogP contribution in [-0.4, -0.2) is 71.6 Å². The average Bonchev–Trinajstić information content (AvgIpc) is 2.68. The van der Waals surface area contributed by atoms with Crippen molar-refractivity contribution in [3.63, 3.8) is 0 Å². The van der Waals surface area contributed by atoms with E-state index in [0.717, 1.165) is 0 Å². The van der Waals surface area contributed by atoms with Crippen LogP contribution in [0, 0.1) is 11.8 Å². The molecule has 11 heteroatoms. The summed E-state index contributed by atoms with van der Waals surface area (Å²) in [4.78, 5) is 50.0. The lowest BCUT2D eigenvalue weighted by Crippen LogP contribution is -2.53. The van der Waals surface area contributed by atoms with Crippen LogP contribution in [0.2, 0.25) is 0 Å². The zero-order valence-electron chi connectivity index (χ0n) is 24.3. The number of hydrogen-bond acceptors (Lipinski definition) is 7. The summed E-state index contributed by atoms with van der Waals surface area (Å²) in [5.41, 5.74) is -1.40. The van der Waals surface area contributed by atoms with Crippen LogP contribution in [0.15, 0.2) is 0 Å². The van der Waals surface area contributed by atoms with E-state index < -0.39 is 47.4 Å². The maximum Gasteiger partial charge on any atom is 0.408 e. The van der Waals surface area contributed by atoms with Crippen molar-refractivity contribution < 1.29 is 33.8 Å². The smallest absolute Gasteiger partial charge is 0.408 e. The first kappa shape index (κ1) is 34.4. The van der Waals surface area contributed by atoms with Crippen LogP contribution in [0.25, 0.3) is 0 Å². The molecule has 0 bridgehead atoms. The molecule has 0 spiro atoms. The number of carbonyl (C=O) groups excluding carboxylic acids is 4. The monoisotopic (exact) mass is 530 g/mol. The maximum atomic E-state index is 12.9. The molecule has 0 aliphatic rings. The molecule has 0 aliphatic heterocycles. The van der Waals surface area contributed by atoms with Crippen LogP contribution in [0.4, 0.5) is 9.59 Å². The van der Waals surface area contributed by atoms with Gasteiger partial charge < -0.3 is 35.8 Å². The van der Waals surface area contributed by atoms with Crippen molar-refractivity contribution in [1.82, 2.24) is 21.3 Å². The van der Waals surface area contributed by atoms with Gasteiger partial charge in [-0.25, -0.2) is 9.59 Å². The van der Waals surface area contributed by atoms with Crippen molar-refractivity contribution in [3.05, 3.63) is 0 Å². The fourth-order valence-electron chi connectivity index (χ4n) is 3.31. The molecule has 37 heavy (non-hydrogen) atoms. The van der Waals surface area contributed by atoms with Gasteiger partial charge in [0.15, 0.2) is 0 Å². The first-order valence-electron chi connectivity index (χ1n) is 13.0. The Kier molecular flexibility index (Phi) is 14.6. The van der Waals surface area contributed by atoms with Gasteiger partial charge in [0.05, 0.1) is 12.6 Å². The fourth-order valence-corrected chi connectivity index (χ4v) is 3.31. The standard InChI is InChI=1S/C26H50N4O7/c1-16(2)13-19(29-23(34)36-25(5,6)7)21(32)27-12-11-18(15-31)28-22(33)20(14-17(3)4)30-24(35)37-26(8,9)10/h16-20,31H,11-15H2,1-10H3,(H,27,32)(H,28,33)(H,29,34)(H,30,35). The number of amides is 4. The number of nitrogens with one attached hydrogen (secondary N) is 4. The van der Waals surface area contributed by atoms with E-state index in [9.17, 15) is 24.3 Å². The molecule has 0 aromatic rings. The Bertz CT molecular complexity index is 742. The van der Waals surface area contributed by atoms with Crippen molar-refractivity contribution in [2.24, 2.45) is 11.8 Å². The number of aliphatic hydroxyl groups is 1. The van der Waals surface area contributed by atoms with Crippen LogP contribution in [0.5, 0.6) is 0 Å². The van der Waals surface area contributed by atoms with Gasteiger partial charge in [0.25, 0.3) is 0 Å². The topological polar surface area (TPSA) is 155 Å². The van der Waals surface area contributed by atoms with E-state index in [1.165, 1.54) is 0 Å². The number of hydrogen-bond donors (Lipinski definition) is 5. The zero-order chi connectivity index (χ0) is 29.0. The molecule has 0 heterocycles. The minimum atomic E-state index is -0.841. The number of rotatable bonds is 13. The highest BCUT2D eigenvalue weighted by molar-refractivity contribution is 5.86. The van der Waals surface area contributed by atoms with E-state index in [1.807, 2.05) is 27.7 Å². The minimum absolute atomic E-state index is 0.118. The molecular formula is C26H50N4O7. The van der Waals surface area contributed by atoms with Gasteiger partial charge in [-0.15, -0.1) is 0 Å². The summed E-state index contributed by atoms with van der Waals surface area (Å²) in [6.07, 6.45) is -0.335. The van der Waals surface area contributed by atoms with Gasteiger partial charge in [-0.05, 0) is 72.6 Å². The summed E-state index contributed by atoms with van der Waals surface area (Å²) in [6.45, 7) is 17.9. The lowest BCUT2D eigenvalue weighted by molar-refractivity contribution is -0.124. The second kappa shape index (κ2) is 15.6. The molecule has 0 aromatic carbocycles. The SMILES string of the molecule is CC(C)CC(NC(=O)OC(C)(C)C)C(=O)NCCC(CO)NC(=O)C(CC(C)C)NC(=O)OC(C)(C)C. The Labute approximate surface area is 222 Å². The molecule has 216 valence electrons. The van der Waals surface area contributed by atoms with Crippen LogP contribution in [-0.2, 0) is 19.1 Å². The van der Waals surface area contributed by atoms with Crippen molar-refractivity contribution in [3.8, 4) is 0 Å². The predicted molar refractivity (Wildman–Crippen MR) is 142 cm³/mol. The van der Waals surface area contributed by atoms with Crippen molar-refractivity contribution in [2.75, 3.05) is 13.2 Å². The summed E-state index contributed by atoms with van der Waals surface area (Å²) in [5.74, 6) is -0.570. The summed E-state index contributed by atoms with van der Waals surface area (Å²) in [5, 5.41) is 20.5. The minimum Gasteiger partial charge on any atom is -0.444 e. The molecule has 3 atom stereocenters. The van der Waals surface area contributed by atoms with Crippen LogP contribution in [0.1, 0.15) is 88.5 Å². The highest BCUT2D eigenvalue weighted by Crippen LogP contribution is 2.11. The van der Waals surface area contributed by atoms with Crippen molar-refractivity contribution in [1.29, 1.82) is 0 Å². The molecule has 0 saturated carbocycles. The summed E-state index contributed by atoms with van der Waals surface area (Å²) < 4.78 is 10.5. The van der Waals surface area contributed by atoms with E-state index in [2.05, 4.69) is 21.3 Å². The molecule has 0 saturated heterocycles. The third kappa shape index (κ3) is 17.5. The molecule has 3 unspecified atom stereocenters. The summed E-state index contributed by atoms with van der Waals surface area (Å²) in [7, 11) is 0. The van der Waals surface area contributed by atoms with Crippen LogP contribution < -0.4 is 21.3 Å². The Balaban J connectivity index is 5.02. The van der Waals surface area contributed by atoms with Crippen LogP contribution in [0.3, 0.4) is 0 Å². The van der Waals surface area contributed by atoms with E-state index in [0.29, 0.717) is 12.8 Å². The highest BCUT2D eigenvalue weighted by atomic mass is 16.6. The van der Waals surface area contributed by atoms with E-state index in [1.54, 1.807) is 41.5 Å². The molecule has 0 fully saturated rings. The lowest BCUT2D eigenvalue weighted by atomic mass is 10.0. The molecule has 0 rings (SSSR count). The van der Waals surface area contributed by atoms with E-state index in [4.69, 9.17) is 9.47 Å². The second-order valence-electron chi connectivity index (χ2n) is 12.1. The van der Waals surface area contributed by atoms with E-state index >= 15 is 0 Å². The van der Waals surface area contributed by atoms with Crippen LogP contribution >= 0.6 is 0 Å². The molecule has 11 nitrogen and oxygen atoms in total. The summed E-state index contributed by atoms with van der Waals surface area (Å²) in [6, 6.07) is -2.28. The third-order valence-electron chi connectivity index (χ3n) is 4.79. The average molecular weight is 531 g/mol. The van der Waals surface area contributed by atoms with Gasteiger partial charge in [0.2, 0.25) is 11.8 Å². The molecular weight excluding hydrogens is 480 g/mol. The predicted octanol–water partition coefficient (Wildman–Crippen LogP) is 2.85. The number of carbonyl (C=O) groups is 4. The second-order valence-corrected chi connectivity index (χ2v) is 12.1. The van der Waals surface area contributed by atoms with Gasteiger partial charge >= 0.3 is 12.2 Å². The van der Waals surface area contributed by atoms with Crippen molar-refractivity contribution >= 4 is 24.0 Å². The first-order valence-corrected chi connectivity index (χ1v) is 13.0. The van der Waals surface area contributed by atoms with Gasteiger partial charge in [0, 0.05) is 6.54 Å². The number of alkyl carbamates (subject to hydrolysis) is 2. The number of ether oxygens (including phenoxy) is 2. The maximum absolute atomic E-state index is 12.9. The summed E-state index contributed by atoms with van der Waals surface area (Å²) >= 11 is 0. The van der Waals surface area contributed by atoms with Gasteiger partial charge in [-0.3, -0.25) is 9.59 Å². The highest BCUT2D eigenvalue weighted by Gasteiger charge is 2.28. The van der Waals surface area contributed by atoms with Crippen molar-refractivity contribution in [2.45, 2.75) is 118 Å².